The molecule has 1 unspecified atom stereocenters. The first-order chi connectivity index (χ1) is 10.1. The molecular formula is C16H20N2O2S. The van der Waals surface area contributed by atoms with E-state index in [2.05, 4.69) is 12.6 Å². The normalized spacial score (nSPS) is 15.8. The molecule has 0 saturated heterocycles. The van der Waals surface area contributed by atoms with Crippen molar-refractivity contribution in [3.8, 4) is 0 Å². The Morgan fingerprint density at radius 2 is 1.71 bits per heavy atom. The molecule has 2 amide bonds. The lowest BCUT2D eigenvalue weighted by molar-refractivity contribution is 0.0651. The SMILES string of the molecule is NC(S)/C=C/CCCCCN1C(=O)c2ccccc2C1=O. The molecule has 2 N–H and O–H groups in total. The zero-order valence-electron chi connectivity index (χ0n) is 11.9. The van der Waals surface area contributed by atoms with Crippen LogP contribution >= 0.6 is 12.6 Å². The maximum atomic E-state index is 12.1. The molecule has 0 saturated carbocycles. The average molecular weight is 304 g/mol. The van der Waals surface area contributed by atoms with Gasteiger partial charge in [0.25, 0.3) is 11.8 Å². The lowest BCUT2D eigenvalue weighted by Crippen LogP contribution is -2.30. The van der Waals surface area contributed by atoms with E-state index in [1.165, 1.54) is 4.90 Å². The molecule has 0 fully saturated rings. The summed E-state index contributed by atoms with van der Waals surface area (Å²) in [6, 6.07) is 6.99. The topological polar surface area (TPSA) is 63.4 Å². The van der Waals surface area contributed by atoms with Gasteiger partial charge in [0.15, 0.2) is 0 Å². The second kappa shape index (κ2) is 7.43. The molecule has 0 aromatic heterocycles. The molecule has 0 radical (unpaired) electrons. The van der Waals surface area contributed by atoms with Crippen LogP contribution in [0.5, 0.6) is 0 Å². The molecule has 112 valence electrons. The summed E-state index contributed by atoms with van der Waals surface area (Å²) >= 11 is 4.05. The van der Waals surface area contributed by atoms with Crippen molar-refractivity contribution in [3.05, 3.63) is 47.5 Å². The third kappa shape index (κ3) is 3.95. The molecular weight excluding hydrogens is 284 g/mol. The van der Waals surface area contributed by atoms with Crippen molar-refractivity contribution in [2.45, 2.75) is 31.1 Å². The van der Waals surface area contributed by atoms with Gasteiger partial charge in [0.1, 0.15) is 0 Å². The number of imide groups is 1. The first-order valence-electron chi connectivity index (χ1n) is 7.17. The number of unbranched alkanes of at least 4 members (excludes halogenated alkanes) is 3. The van der Waals surface area contributed by atoms with E-state index < -0.39 is 0 Å². The van der Waals surface area contributed by atoms with Gasteiger partial charge in [0.2, 0.25) is 0 Å². The summed E-state index contributed by atoms with van der Waals surface area (Å²) < 4.78 is 0. The van der Waals surface area contributed by atoms with Gasteiger partial charge in [-0.3, -0.25) is 14.5 Å². The number of carbonyl (C=O) groups is 2. The third-order valence-electron chi connectivity index (χ3n) is 3.46. The summed E-state index contributed by atoms with van der Waals surface area (Å²) in [5.74, 6) is -0.340. The van der Waals surface area contributed by atoms with Gasteiger partial charge in [-0.05, 0) is 31.4 Å². The van der Waals surface area contributed by atoms with Crippen molar-refractivity contribution in [1.82, 2.24) is 4.90 Å². The van der Waals surface area contributed by atoms with E-state index in [1.54, 1.807) is 24.3 Å². The molecule has 5 heteroatoms. The highest BCUT2D eigenvalue weighted by Crippen LogP contribution is 2.22. The number of hydrogen-bond acceptors (Lipinski definition) is 4. The maximum Gasteiger partial charge on any atom is 0.261 e. The highest BCUT2D eigenvalue weighted by molar-refractivity contribution is 7.81. The van der Waals surface area contributed by atoms with Crippen LogP contribution in [0.4, 0.5) is 0 Å². The minimum atomic E-state index is -0.205. The van der Waals surface area contributed by atoms with Crippen LogP contribution in [0.25, 0.3) is 0 Å². The highest BCUT2D eigenvalue weighted by Gasteiger charge is 2.34. The Balaban J connectivity index is 1.76. The van der Waals surface area contributed by atoms with Gasteiger partial charge in [-0.15, -0.1) is 0 Å². The van der Waals surface area contributed by atoms with Crippen molar-refractivity contribution < 1.29 is 9.59 Å². The van der Waals surface area contributed by atoms with Gasteiger partial charge in [-0.25, -0.2) is 0 Å². The van der Waals surface area contributed by atoms with E-state index in [0.717, 1.165) is 25.7 Å². The fourth-order valence-electron chi connectivity index (χ4n) is 2.39. The van der Waals surface area contributed by atoms with Crippen LogP contribution in [-0.2, 0) is 0 Å². The second-order valence-electron chi connectivity index (χ2n) is 5.08. The molecule has 1 aliphatic heterocycles. The van der Waals surface area contributed by atoms with Crippen molar-refractivity contribution in [1.29, 1.82) is 0 Å². The Labute approximate surface area is 130 Å². The van der Waals surface area contributed by atoms with Crippen LogP contribution < -0.4 is 5.73 Å². The van der Waals surface area contributed by atoms with Gasteiger partial charge < -0.3 is 5.73 Å². The van der Waals surface area contributed by atoms with Gasteiger partial charge >= 0.3 is 0 Å². The second-order valence-corrected chi connectivity index (χ2v) is 5.67. The smallest absolute Gasteiger partial charge is 0.261 e. The highest BCUT2D eigenvalue weighted by atomic mass is 32.1. The van der Waals surface area contributed by atoms with Crippen LogP contribution in [-0.4, -0.2) is 28.6 Å². The Morgan fingerprint density at radius 1 is 1.10 bits per heavy atom. The Bertz CT molecular complexity index is 520. The molecule has 1 aromatic carbocycles. The summed E-state index contributed by atoms with van der Waals surface area (Å²) in [4.78, 5) is 25.6. The fourth-order valence-corrected chi connectivity index (χ4v) is 2.51. The molecule has 0 bridgehead atoms. The number of hydrogen-bond donors (Lipinski definition) is 2. The Morgan fingerprint density at radius 3 is 2.29 bits per heavy atom. The first kappa shape index (κ1) is 15.8. The third-order valence-corrected chi connectivity index (χ3v) is 3.64. The predicted molar refractivity (Wildman–Crippen MR) is 86.4 cm³/mol. The zero-order valence-corrected chi connectivity index (χ0v) is 12.8. The molecule has 4 nitrogen and oxygen atoms in total. The van der Waals surface area contributed by atoms with Crippen molar-refractivity contribution >= 4 is 24.4 Å². The number of amides is 2. The van der Waals surface area contributed by atoms with Crippen LogP contribution in [0.1, 0.15) is 46.4 Å². The summed E-state index contributed by atoms with van der Waals surface area (Å²) in [7, 11) is 0. The molecule has 1 atom stereocenters. The largest absolute Gasteiger partial charge is 0.316 e. The Kier molecular flexibility index (Phi) is 5.59. The molecule has 0 aliphatic carbocycles. The van der Waals surface area contributed by atoms with Crippen LogP contribution in [0.3, 0.4) is 0 Å². The van der Waals surface area contributed by atoms with Gasteiger partial charge in [0.05, 0.1) is 16.5 Å². The average Bonchev–Trinajstić information content (AvgIpc) is 2.71. The van der Waals surface area contributed by atoms with E-state index in [9.17, 15) is 9.59 Å². The summed E-state index contributed by atoms with van der Waals surface area (Å²) in [6.07, 6.45) is 7.62. The quantitative estimate of drug-likeness (QED) is 0.268. The minimum absolute atomic E-state index is 0.170. The number of carbonyl (C=O) groups excluding carboxylic acids is 2. The van der Waals surface area contributed by atoms with Crippen molar-refractivity contribution in [3.63, 3.8) is 0 Å². The summed E-state index contributed by atoms with van der Waals surface area (Å²) in [6.45, 7) is 0.488. The minimum Gasteiger partial charge on any atom is -0.316 e. The van der Waals surface area contributed by atoms with Crippen molar-refractivity contribution in [2.75, 3.05) is 6.54 Å². The van der Waals surface area contributed by atoms with Crippen LogP contribution in [0, 0.1) is 0 Å². The predicted octanol–water partition coefficient (Wildman–Crippen LogP) is 2.61. The number of thiol groups is 1. The van der Waals surface area contributed by atoms with Crippen LogP contribution in [0.15, 0.2) is 36.4 Å². The molecule has 1 heterocycles. The lowest BCUT2D eigenvalue weighted by Gasteiger charge is -2.13. The molecule has 0 spiro atoms. The number of benzene rings is 1. The molecule has 21 heavy (non-hydrogen) atoms. The summed E-state index contributed by atoms with van der Waals surface area (Å²) in [5.41, 5.74) is 6.53. The van der Waals surface area contributed by atoms with Crippen molar-refractivity contribution in [2.24, 2.45) is 5.73 Å². The fraction of sp³-hybridized carbons (Fsp3) is 0.375. The van der Waals surface area contributed by atoms with E-state index in [0.29, 0.717) is 17.7 Å². The number of nitrogens with zero attached hydrogens (tertiary/aromatic N) is 1. The number of nitrogens with two attached hydrogens (primary N) is 1. The number of allylic oxidation sites excluding steroid dienone is 1. The standard InChI is InChI=1S/C16H20N2O2S/c17-14(21)10-4-2-1-3-7-11-18-15(19)12-8-5-6-9-13(12)16(18)20/h4-6,8-10,14,21H,1-3,7,11,17H2/b10-4+. The van der Waals surface area contributed by atoms with E-state index in [1.807, 2.05) is 12.2 Å². The number of fused-ring (bicyclic) bond motifs is 1. The summed E-state index contributed by atoms with van der Waals surface area (Å²) in [5, 5.41) is -0.205. The molecule has 2 rings (SSSR count). The lowest BCUT2D eigenvalue weighted by atomic mass is 10.1. The van der Waals surface area contributed by atoms with E-state index >= 15 is 0 Å². The zero-order chi connectivity index (χ0) is 15.2. The monoisotopic (exact) mass is 304 g/mol. The van der Waals surface area contributed by atoms with E-state index in [4.69, 9.17) is 5.73 Å². The van der Waals surface area contributed by atoms with Gasteiger partial charge in [-0.2, -0.15) is 12.6 Å². The molecule has 1 aliphatic rings. The maximum absolute atomic E-state index is 12.1. The number of rotatable bonds is 7. The van der Waals surface area contributed by atoms with E-state index in [-0.39, 0.29) is 17.2 Å². The molecule has 1 aromatic rings. The van der Waals surface area contributed by atoms with Gasteiger partial charge in [-0.1, -0.05) is 30.7 Å². The Hall–Kier alpha value is -1.59. The first-order valence-corrected chi connectivity index (χ1v) is 7.68. The van der Waals surface area contributed by atoms with Crippen LogP contribution in [0.2, 0.25) is 0 Å². The van der Waals surface area contributed by atoms with Gasteiger partial charge in [0, 0.05) is 6.54 Å².